The van der Waals surface area contributed by atoms with Crippen molar-refractivity contribution >= 4 is 52.1 Å². The molecule has 0 aliphatic heterocycles. The molecule has 206 valence electrons. The van der Waals surface area contributed by atoms with Crippen molar-refractivity contribution in [3.63, 3.8) is 0 Å². The lowest BCUT2D eigenvalue weighted by Gasteiger charge is -2.26. The van der Waals surface area contributed by atoms with E-state index in [-0.39, 0.29) is 33.4 Å². The number of primary amides is 1. The smallest absolute Gasteiger partial charge is 0.424 e. The SMILES string of the molecule is Cc1c(-c2cc3cc(N(C(N)=O)C4CCCC4)ncc3c(Cl)c2F)cncc1N(C(=O)O)C(=O)OC(C)(C)C. The molecule has 3 aromatic rings. The Kier molecular flexibility index (Phi) is 7.65. The van der Waals surface area contributed by atoms with Crippen molar-refractivity contribution in [3.8, 4) is 11.1 Å². The molecule has 2 heterocycles. The topological polar surface area (TPSA) is 139 Å². The van der Waals surface area contributed by atoms with Crippen LogP contribution in [0.1, 0.15) is 52.0 Å². The summed E-state index contributed by atoms with van der Waals surface area (Å²) in [5, 5.41) is 10.4. The number of urea groups is 1. The number of anilines is 2. The van der Waals surface area contributed by atoms with Crippen LogP contribution in [-0.2, 0) is 4.74 Å². The van der Waals surface area contributed by atoms with Crippen LogP contribution in [0.15, 0.2) is 30.7 Å². The second kappa shape index (κ2) is 10.6. The van der Waals surface area contributed by atoms with Gasteiger partial charge in [-0.05, 0) is 63.6 Å². The highest BCUT2D eigenvalue weighted by Crippen LogP contribution is 2.39. The van der Waals surface area contributed by atoms with Crippen molar-refractivity contribution in [2.45, 2.75) is 65.0 Å². The lowest BCUT2D eigenvalue weighted by Crippen LogP contribution is -2.43. The van der Waals surface area contributed by atoms with Crippen molar-refractivity contribution < 1.29 is 28.6 Å². The van der Waals surface area contributed by atoms with Crippen LogP contribution in [0.2, 0.25) is 5.02 Å². The number of hydrogen-bond donors (Lipinski definition) is 2. The molecule has 4 rings (SSSR count). The van der Waals surface area contributed by atoms with Gasteiger partial charge in [0.1, 0.15) is 17.2 Å². The number of aromatic nitrogens is 2. The fourth-order valence-corrected chi connectivity index (χ4v) is 5.05. The summed E-state index contributed by atoms with van der Waals surface area (Å²) in [6, 6.07) is 2.41. The van der Waals surface area contributed by atoms with E-state index in [2.05, 4.69) is 9.97 Å². The van der Waals surface area contributed by atoms with Gasteiger partial charge in [-0.25, -0.2) is 23.8 Å². The lowest BCUT2D eigenvalue weighted by atomic mass is 9.98. The Balaban J connectivity index is 1.84. The number of nitrogens with two attached hydrogens (primary N) is 1. The summed E-state index contributed by atoms with van der Waals surface area (Å²) in [6.45, 7) is 6.35. The summed E-state index contributed by atoms with van der Waals surface area (Å²) in [5.74, 6) is -0.455. The van der Waals surface area contributed by atoms with Gasteiger partial charge < -0.3 is 15.6 Å². The van der Waals surface area contributed by atoms with Crippen LogP contribution >= 0.6 is 11.6 Å². The monoisotopic (exact) mass is 557 g/mol. The maximum atomic E-state index is 15.6. The van der Waals surface area contributed by atoms with Gasteiger partial charge in [-0.3, -0.25) is 9.88 Å². The van der Waals surface area contributed by atoms with E-state index in [9.17, 15) is 19.5 Å². The Morgan fingerprint density at radius 3 is 2.38 bits per heavy atom. The van der Waals surface area contributed by atoms with Crippen molar-refractivity contribution in [2.75, 3.05) is 9.80 Å². The molecular formula is C27H29ClFN5O5. The van der Waals surface area contributed by atoms with E-state index in [1.54, 1.807) is 26.8 Å². The first-order valence-corrected chi connectivity index (χ1v) is 12.8. The highest BCUT2D eigenvalue weighted by atomic mass is 35.5. The zero-order valence-electron chi connectivity index (χ0n) is 22.0. The lowest BCUT2D eigenvalue weighted by molar-refractivity contribution is 0.0581. The quantitative estimate of drug-likeness (QED) is 0.366. The number of rotatable bonds is 4. The van der Waals surface area contributed by atoms with E-state index in [1.807, 2.05) is 0 Å². The molecule has 10 nitrogen and oxygen atoms in total. The molecule has 3 N–H and O–H groups in total. The zero-order chi connectivity index (χ0) is 28.6. The van der Waals surface area contributed by atoms with Gasteiger partial charge in [0, 0.05) is 34.9 Å². The number of fused-ring (bicyclic) bond motifs is 1. The first kappa shape index (κ1) is 28.0. The van der Waals surface area contributed by atoms with Gasteiger partial charge >= 0.3 is 18.2 Å². The largest absolute Gasteiger partial charge is 0.464 e. The van der Waals surface area contributed by atoms with Crippen LogP contribution in [0.5, 0.6) is 0 Å². The fourth-order valence-electron chi connectivity index (χ4n) is 4.79. The first-order valence-electron chi connectivity index (χ1n) is 12.4. The van der Waals surface area contributed by atoms with Crippen LogP contribution in [-0.4, -0.2) is 44.9 Å². The van der Waals surface area contributed by atoms with E-state index < -0.39 is 29.6 Å². The van der Waals surface area contributed by atoms with Gasteiger partial charge in [0.05, 0.1) is 16.9 Å². The normalized spacial score (nSPS) is 13.9. The predicted octanol–water partition coefficient (Wildman–Crippen LogP) is 6.64. The molecule has 0 bridgehead atoms. The third-order valence-electron chi connectivity index (χ3n) is 6.55. The summed E-state index contributed by atoms with van der Waals surface area (Å²) in [4.78, 5) is 47.3. The van der Waals surface area contributed by atoms with Crippen LogP contribution < -0.4 is 15.5 Å². The summed E-state index contributed by atoms with van der Waals surface area (Å²) < 4.78 is 20.9. The zero-order valence-corrected chi connectivity index (χ0v) is 22.8. The number of imide groups is 1. The molecule has 12 heteroatoms. The number of pyridine rings is 2. The second-order valence-electron chi connectivity index (χ2n) is 10.4. The molecule has 1 aliphatic carbocycles. The summed E-state index contributed by atoms with van der Waals surface area (Å²) in [6.07, 6.45) is 4.77. The molecule has 1 saturated carbocycles. The van der Waals surface area contributed by atoms with Gasteiger partial charge in [-0.1, -0.05) is 24.4 Å². The van der Waals surface area contributed by atoms with Crippen LogP contribution in [0, 0.1) is 12.7 Å². The number of carboxylic acid groups (broad SMARTS) is 1. The highest BCUT2D eigenvalue weighted by molar-refractivity contribution is 6.36. The summed E-state index contributed by atoms with van der Waals surface area (Å²) in [5.41, 5.74) is 5.13. The van der Waals surface area contributed by atoms with Gasteiger partial charge in [-0.15, -0.1) is 0 Å². The van der Waals surface area contributed by atoms with Crippen molar-refractivity contribution in [1.29, 1.82) is 0 Å². The average molecular weight is 558 g/mol. The van der Waals surface area contributed by atoms with Crippen molar-refractivity contribution in [2.24, 2.45) is 5.73 Å². The molecule has 2 aromatic heterocycles. The van der Waals surface area contributed by atoms with Crippen LogP contribution in [0.4, 0.5) is 30.3 Å². The van der Waals surface area contributed by atoms with E-state index in [4.69, 9.17) is 22.1 Å². The Bertz CT molecular complexity index is 1470. The van der Waals surface area contributed by atoms with E-state index in [0.717, 1.165) is 25.7 Å². The van der Waals surface area contributed by atoms with Gasteiger partial charge in [0.25, 0.3) is 0 Å². The van der Waals surface area contributed by atoms with Crippen molar-refractivity contribution in [1.82, 2.24) is 9.97 Å². The standard InChI is InChI=1S/C27H29ClFN5O5/c1-14-18(11-31-13-20(14)34(25(36)37)26(38)39-27(2,3)4)17-9-15-10-21(32-12-19(15)22(28)23(17)29)33(24(30)35)16-7-5-6-8-16/h9-13,16H,5-8H2,1-4H3,(H2,30,35)(H,36,37). The summed E-state index contributed by atoms with van der Waals surface area (Å²) in [7, 11) is 0. The number of benzene rings is 1. The fraction of sp³-hybridized carbons (Fsp3) is 0.370. The number of carbonyl (C=O) groups is 3. The maximum absolute atomic E-state index is 15.6. The first-order chi connectivity index (χ1) is 18.3. The Hall–Kier alpha value is -3.99. The minimum absolute atomic E-state index is 0.0255. The molecule has 0 saturated heterocycles. The number of nitrogens with zero attached hydrogens (tertiary/aromatic N) is 4. The molecule has 0 atom stereocenters. The molecular weight excluding hydrogens is 529 g/mol. The van der Waals surface area contributed by atoms with Gasteiger partial charge in [0.2, 0.25) is 0 Å². The maximum Gasteiger partial charge on any atom is 0.424 e. The third-order valence-corrected chi connectivity index (χ3v) is 6.92. The Labute approximate surface area is 229 Å². The minimum Gasteiger partial charge on any atom is -0.464 e. The minimum atomic E-state index is -1.59. The molecule has 1 aromatic carbocycles. The van der Waals surface area contributed by atoms with E-state index in [1.165, 1.54) is 36.5 Å². The molecule has 0 unspecified atom stereocenters. The number of hydrogen-bond acceptors (Lipinski definition) is 6. The van der Waals surface area contributed by atoms with E-state index in [0.29, 0.717) is 21.5 Å². The van der Waals surface area contributed by atoms with E-state index >= 15 is 4.39 Å². The predicted molar refractivity (Wildman–Crippen MR) is 146 cm³/mol. The number of halogens is 2. The van der Waals surface area contributed by atoms with Gasteiger partial charge in [-0.2, -0.15) is 4.90 Å². The molecule has 1 fully saturated rings. The van der Waals surface area contributed by atoms with Crippen LogP contribution in [0.25, 0.3) is 21.9 Å². The summed E-state index contributed by atoms with van der Waals surface area (Å²) >= 11 is 6.41. The number of carbonyl (C=O) groups excluding carboxylic acids is 2. The molecule has 4 amide bonds. The number of amides is 4. The average Bonchev–Trinajstić information content (AvgIpc) is 3.35. The Morgan fingerprint density at radius 2 is 1.79 bits per heavy atom. The highest BCUT2D eigenvalue weighted by Gasteiger charge is 2.32. The molecule has 0 radical (unpaired) electrons. The van der Waals surface area contributed by atoms with Gasteiger partial charge in [0.15, 0.2) is 0 Å². The number of ether oxygens (including phenoxy) is 1. The van der Waals surface area contributed by atoms with Crippen molar-refractivity contribution in [3.05, 3.63) is 47.1 Å². The molecule has 1 aliphatic rings. The Morgan fingerprint density at radius 1 is 1.13 bits per heavy atom. The third kappa shape index (κ3) is 5.58. The second-order valence-corrected chi connectivity index (χ2v) is 10.8. The van der Waals surface area contributed by atoms with Crippen LogP contribution in [0.3, 0.4) is 0 Å². The molecule has 0 spiro atoms. The molecule has 39 heavy (non-hydrogen) atoms.